The summed E-state index contributed by atoms with van der Waals surface area (Å²) in [5.41, 5.74) is 25.0. The molecule has 3 heteroatoms. The minimum atomic E-state index is -0.698. The van der Waals surface area contributed by atoms with Gasteiger partial charge in [-0.25, -0.2) is 0 Å². The van der Waals surface area contributed by atoms with Crippen LogP contribution in [-0.2, 0) is 5.41 Å². The molecular weight excluding hydrogens is 849 g/mol. The molecule has 0 radical (unpaired) electrons. The van der Waals surface area contributed by atoms with E-state index in [1.54, 1.807) is 0 Å². The minimum Gasteiger partial charge on any atom is -0.456 e. The third-order valence-corrected chi connectivity index (χ3v) is 15.2. The van der Waals surface area contributed by atoms with Crippen molar-refractivity contribution in [2.45, 2.75) is 5.41 Å². The van der Waals surface area contributed by atoms with Crippen LogP contribution >= 0.6 is 0 Å². The second-order valence-corrected chi connectivity index (χ2v) is 18.7. The average Bonchev–Trinajstić information content (AvgIpc) is 3.89. The number of nitrogens with zero attached hydrogens (tertiary/aromatic N) is 2. The molecule has 1 atom stereocenters. The van der Waals surface area contributed by atoms with Crippen LogP contribution in [0, 0.1) is 0 Å². The van der Waals surface area contributed by atoms with Crippen LogP contribution in [-0.4, -0.2) is 0 Å². The molecule has 1 aliphatic heterocycles. The molecular formula is C67H42N2O. The molecule has 12 aromatic rings. The lowest BCUT2D eigenvalue weighted by atomic mass is 9.65. The minimum absolute atomic E-state index is 0.698. The number of fused-ring (bicyclic) bond motifs is 21. The van der Waals surface area contributed by atoms with E-state index in [0.29, 0.717) is 0 Å². The van der Waals surface area contributed by atoms with E-state index in [1.807, 2.05) is 0 Å². The molecule has 11 aromatic carbocycles. The van der Waals surface area contributed by atoms with Crippen LogP contribution < -0.4 is 9.80 Å². The van der Waals surface area contributed by atoms with E-state index in [0.717, 1.165) is 61.6 Å². The third-order valence-electron chi connectivity index (χ3n) is 15.2. The maximum atomic E-state index is 6.64. The van der Waals surface area contributed by atoms with E-state index in [9.17, 15) is 0 Å². The van der Waals surface area contributed by atoms with Crippen molar-refractivity contribution in [3.8, 4) is 55.6 Å². The van der Waals surface area contributed by atoms with Gasteiger partial charge in [0, 0.05) is 44.6 Å². The molecule has 15 rings (SSSR count). The van der Waals surface area contributed by atoms with Crippen molar-refractivity contribution in [2.24, 2.45) is 0 Å². The van der Waals surface area contributed by atoms with E-state index in [4.69, 9.17) is 4.42 Å². The first-order valence-corrected chi connectivity index (χ1v) is 24.2. The topological polar surface area (TPSA) is 19.6 Å². The summed E-state index contributed by atoms with van der Waals surface area (Å²) < 4.78 is 6.64. The number of furan rings is 1. The number of hydrogen-bond donors (Lipinski definition) is 0. The van der Waals surface area contributed by atoms with E-state index in [1.165, 1.54) is 72.3 Å². The van der Waals surface area contributed by atoms with Crippen LogP contribution in [0.2, 0.25) is 0 Å². The molecule has 3 aliphatic rings. The van der Waals surface area contributed by atoms with Gasteiger partial charge in [0.25, 0.3) is 0 Å². The predicted octanol–water partition coefficient (Wildman–Crippen LogP) is 18.2. The van der Waals surface area contributed by atoms with Gasteiger partial charge in [0.05, 0.1) is 16.8 Å². The Kier molecular flexibility index (Phi) is 8.28. The Morgan fingerprint density at radius 2 is 0.843 bits per heavy atom. The van der Waals surface area contributed by atoms with E-state index < -0.39 is 5.41 Å². The highest BCUT2D eigenvalue weighted by molar-refractivity contribution is 6.16. The Morgan fingerprint density at radius 1 is 0.314 bits per heavy atom. The molecule has 2 aliphatic carbocycles. The third kappa shape index (κ3) is 5.34. The highest BCUT2D eigenvalue weighted by Gasteiger charge is 2.51. The molecule has 70 heavy (non-hydrogen) atoms. The van der Waals surface area contributed by atoms with Crippen LogP contribution in [0.4, 0.5) is 34.1 Å². The summed E-state index contributed by atoms with van der Waals surface area (Å²) in [4.78, 5) is 4.89. The maximum Gasteiger partial charge on any atom is 0.136 e. The summed E-state index contributed by atoms with van der Waals surface area (Å²) in [7, 11) is 0. The van der Waals surface area contributed by atoms with Crippen LogP contribution in [0.5, 0.6) is 0 Å². The molecule has 0 saturated carbocycles. The van der Waals surface area contributed by atoms with Crippen LogP contribution in [0.1, 0.15) is 22.3 Å². The summed E-state index contributed by atoms with van der Waals surface area (Å²) in [5, 5.41) is 2.30. The number of hydrogen-bond acceptors (Lipinski definition) is 3. The quantitative estimate of drug-likeness (QED) is 0.176. The summed E-state index contributed by atoms with van der Waals surface area (Å²) in [5.74, 6) is 0. The van der Waals surface area contributed by atoms with Gasteiger partial charge >= 0.3 is 0 Å². The largest absolute Gasteiger partial charge is 0.456 e. The van der Waals surface area contributed by atoms with Gasteiger partial charge in [0.2, 0.25) is 0 Å². The molecule has 0 bridgehead atoms. The lowest BCUT2D eigenvalue weighted by molar-refractivity contribution is 0.668. The van der Waals surface area contributed by atoms with Crippen LogP contribution in [0.3, 0.4) is 0 Å². The van der Waals surface area contributed by atoms with Crippen molar-refractivity contribution in [2.75, 3.05) is 9.80 Å². The number of para-hydroxylation sites is 4. The van der Waals surface area contributed by atoms with Gasteiger partial charge in [0.15, 0.2) is 0 Å². The highest BCUT2D eigenvalue weighted by Crippen LogP contribution is 2.64. The van der Waals surface area contributed by atoms with Crippen molar-refractivity contribution < 1.29 is 4.42 Å². The van der Waals surface area contributed by atoms with Gasteiger partial charge in [-0.1, -0.05) is 182 Å². The maximum absolute atomic E-state index is 6.64. The lowest BCUT2D eigenvalue weighted by Gasteiger charge is -2.36. The lowest BCUT2D eigenvalue weighted by Crippen LogP contribution is -2.29. The number of rotatable bonds is 4. The van der Waals surface area contributed by atoms with Crippen LogP contribution in [0.15, 0.2) is 259 Å². The van der Waals surface area contributed by atoms with Gasteiger partial charge in [-0.3, -0.25) is 0 Å². The van der Waals surface area contributed by atoms with E-state index in [-0.39, 0.29) is 0 Å². The molecule has 1 aromatic heterocycles. The first-order chi connectivity index (χ1) is 34.8. The fourth-order valence-corrected chi connectivity index (χ4v) is 12.5. The summed E-state index contributed by atoms with van der Waals surface area (Å²) in [6, 6.07) is 94.0. The Bertz CT molecular complexity index is 4090. The van der Waals surface area contributed by atoms with Crippen LogP contribution in [0.25, 0.3) is 77.6 Å². The Hall–Kier alpha value is -9.18. The van der Waals surface area contributed by atoms with Gasteiger partial charge in [-0.2, -0.15) is 0 Å². The predicted molar refractivity (Wildman–Crippen MR) is 289 cm³/mol. The molecule has 3 nitrogen and oxygen atoms in total. The second-order valence-electron chi connectivity index (χ2n) is 18.7. The summed E-state index contributed by atoms with van der Waals surface area (Å²) in [6.45, 7) is 0. The number of anilines is 6. The Morgan fingerprint density at radius 3 is 1.60 bits per heavy atom. The second kappa shape index (κ2) is 14.9. The Labute approximate surface area is 406 Å². The number of benzene rings is 11. The van der Waals surface area contributed by atoms with Crippen molar-refractivity contribution in [3.63, 3.8) is 0 Å². The molecule has 326 valence electrons. The van der Waals surface area contributed by atoms with Crippen molar-refractivity contribution >= 4 is 56.1 Å². The highest BCUT2D eigenvalue weighted by atomic mass is 16.3. The normalized spacial score (nSPS) is 14.6. The smallest absolute Gasteiger partial charge is 0.136 e. The van der Waals surface area contributed by atoms with Gasteiger partial charge < -0.3 is 14.2 Å². The van der Waals surface area contributed by atoms with Gasteiger partial charge in [0.1, 0.15) is 11.2 Å². The van der Waals surface area contributed by atoms with Gasteiger partial charge in [-0.15, -0.1) is 0 Å². The summed E-state index contributed by atoms with van der Waals surface area (Å²) in [6.07, 6.45) is 0. The molecule has 0 saturated heterocycles. The molecule has 0 fully saturated rings. The van der Waals surface area contributed by atoms with E-state index >= 15 is 0 Å². The fraction of sp³-hybridized carbons (Fsp3) is 0.0149. The molecule has 2 heterocycles. The van der Waals surface area contributed by atoms with E-state index in [2.05, 4.69) is 265 Å². The zero-order valence-corrected chi connectivity index (χ0v) is 38.1. The first kappa shape index (κ1) is 38.9. The molecule has 1 unspecified atom stereocenters. The average molecular weight is 891 g/mol. The Balaban J connectivity index is 1.03. The van der Waals surface area contributed by atoms with Crippen molar-refractivity contribution in [1.82, 2.24) is 0 Å². The first-order valence-electron chi connectivity index (χ1n) is 24.2. The molecule has 0 amide bonds. The standard InChI is InChI=1S/C67H42N2O/c1-3-19-43(20-4-1)68(45-36-39-62-56(41-45)50-26-10-9-25-49(50)53-28-13-17-33-61(53)69(62)44-21-5-2-6-22-44)46-35-37-52-48-24-8-7-23-47(48)51-27-11-15-31-57(51)67(60(52)42-46)58-32-16-12-29-54(58)65-59(67)38-40-64-66(65)55-30-14-18-34-63(55)70-64/h1-42H. The molecule has 1 spiro atoms. The zero-order chi connectivity index (χ0) is 45.9. The fourth-order valence-electron chi connectivity index (χ4n) is 12.5. The zero-order valence-electron chi connectivity index (χ0n) is 38.1. The monoisotopic (exact) mass is 890 g/mol. The van der Waals surface area contributed by atoms with Crippen molar-refractivity contribution in [1.29, 1.82) is 0 Å². The summed E-state index contributed by atoms with van der Waals surface area (Å²) >= 11 is 0. The molecule has 0 N–H and O–H groups in total. The van der Waals surface area contributed by atoms with Gasteiger partial charge in [-0.05, 0) is 140 Å². The SMILES string of the molecule is c1ccc(N(c2ccc3c(c2)-c2ccccc2-c2ccccc2N3c2ccccc2)c2ccc3c(c2)C2(c4ccccc4-c4ccccc4-3)c3ccccc3-c3c2ccc2oc4ccccc4c32)cc1. The van der Waals surface area contributed by atoms with Crippen molar-refractivity contribution in [3.05, 3.63) is 277 Å².